The van der Waals surface area contributed by atoms with Crippen LogP contribution in [0.25, 0.3) is 0 Å². The average Bonchev–Trinajstić information content (AvgIpc) is 2.27. The zero-order valence-corrected chi connectivity index (χ0v) is 9.63. The maximum absolute atomic E-state index is 13.6. The Labute approximate surface area is 90.9 Å². The molecule has 0 aliphatic carbocycles. The highest BCUT2D eigenvalue weighted by atomic mass is 19.1. The van der Waals surface area contributed by atoms with E-state index in [-0.39, 0.29) is 11.9 Å². The average molecular weight is 210 g/mol. The van der Waals surface area contributed by atoms with E-state index in [4.69, 9.17) is 0 Å². The van der Waals surface area contributed by atoms with Crippen LogP contribution in [0.4, 0.5) is 4.39 Å². The third-order valence-electron chi connectivity index (χ3n) is 2.97. The van der Waals surface area contributed by atoms with Gasteiger partial charge in [0.2, 0.25) is 0 Å². The van der Waals surface area contributed by atoms with Crippen molar-refractivity contribution in [2.75, 3.05) is 7.05 Å². The van der Waals surface area contributed by atoms with Crippen molar-refractivity contribution in [3.8, 4) is 0 Å². The van der Waals surface area contributed by atoms with Gasteiger partial charge in [-0.3, -0.25) is 4.98 Å². The third kappa shape index (κ3) is 2.75. The number of pyridine rings is 1. The number of nitrogens with one attached hydrogen (secondary N) is 1. The lowest BCUT2D eigenvalue weighted by molar-refractivity contribution is 0.349. The smallest absolute Gasteiger partial charge is 0.146 e. The van der Waals surface area contributed by atoms with Crippen molar-refractivity contribution in [3.63, 3.8) is 0 Å². The van der Waals surface area contributed by atoms with Gasteiger partial charge in [-0.1, -0.05) is 26.7 Å². The van der Waals surface area contributed by atoms with Gasteiger partial charge in [-0.15, -0.1) is 0 Å². The maximum atomic E-state index is 13.6. The Morgan fingerprint density at radius 3 is 2.53 bits per heavy atom. The van der Waals surface area contributed by atoms with Gasteiger partial charge < -0.3 is 5.32 Å². The fourth-order valence-corrected chi connectivity index (χ4v) is 2.04. The van der Waals surface area contributed by atoms with Crippen molar-refractivity contribution >= 4 is 0 Å². The van der Waals surface area contributed by atoms with Gasteiger partial charge in [-0.25, -0.2) is 4.39 Å². The molecule has 0 radical (unpaired) electrons. The van der Waals surface area contributed by atoms with E-state index in [1.807, 2.05) is 7.05 Å². The van der Waals surface area contributed by atoms with Crippen LogP contribution >= 0.6 is 0 Å². The van der Waals surface area contributed by atoms with Crippen LogP contribution in [0, 0.1) is 11.7 Å². The van der Waals surface area contributed by atoms with Crippen LogP contribution in [-0.2, 0) is 0 Å². The Morgan fingerprint density at radius 2 is 2.07 bits per heavy atom. The van der Waals surface area contributed by atoms with E-state index in [2.05, 4.69) is 24.1 Å². The van der Waals surface area contributed by atoms with Crippen LogP contribution in [0.15, 0.2) is 18.5 Å². The predicted molar refractivity (Wildman–Crippen MR) is 60.1 cm³/mol. The molecule has 3 heteroatoms. The van der Waals surface area contributed by atoms with E-state index in [0.717, 1.165) is 18.4 Å². The summed E-state index contributed by atoms with van der Waals surface area (Å²) in [6.45, 7) is 4.27. The van der Waals surface area contributed by atoms with Crippen molar-refractivity contribution in [2.45, 2.75) is 32.7 Å². The van der Waals surface area contributed by atoms with Crippen LogP contribution in [0.2, 0.25) is 0 Å². The van der Waals surface area contributed by atoms with Crippen molar-refractivity contribution < 1.29 is 4.39 Å². The molecule has 0 aliphatic heterocycles. The molecule has 1 aromatic heterocycles. The molecule has 1 aromatic rings. The first-order valence-corrected chi connectivity index (χ1v) is 5.51. The minimum Gasteiger partial charge on any atom is -0.313 e. The normalized spacial score (nSPS) is 13.1. The molecular weight excluding hydrogens is 191 g/mol. The van der Waals surface area contributed by atoms with Crippen molar-refractivity contribution in [1.82, 2.24) is 10.3 Å². The van der Waals surface area contributed by atoms with Crippen LogP contribution in [0.3, 0.4) is 0 Å². The van der Waals surface area contributed by atoms with Crippen LogP contribution in [0.1, 0.15) is 38.3 Å². The number of hydrogen-bond acceptors (Lipinski definition) is 2. The van der Waals surface area contributed by atoms with Gasteiger partial charge in [0.05, 0.1) is 6.20 Å². The van der Waals surface area contributed by atoms with E-state index in [1.54, 1.807) is 12.3 Å². The highest BCUT2D eigenvalue weighted by Crippen LogP contribution is 2.28. The predicted octanol–water partition coefficient (Wildman–Crippen LogP) is 2.92. The molecule has 84 valence electrons. The monoisotopic (exact) mass is 210 g/mol. The van der Waals surface area contributed by atoms with Gasteiger partial charge in [0.25, 0.3) is 0 Å². The summed E-state index contributed by atoms with van der Waals surface area (Å²) in [4.78, 5) is 3.77. The van der Waals surface area contributed by atoms with Crippen LogP contribution < -0.4 is 5.32 Å². The highest BCUT2D eigenvalue weighted by molar-refractivity contribution is 5.18. The lowest BCUT2D eigenvalue weighted by atomic mass is 9.89. The third-order valence-corrected chi connectivity index (χ3v) is 2.97. The SMILES string of the molecule is CCC(CC)C(NC)c1ccncc1F. The van der Waals surface area contributed by atoms with E-state index in [9.17, 15) is 4.39 Å². The molecule has 1 atom stereocenters. The number of halogens is 1. The topological polar surface area (TPSA) is 24.9 Å². The molecule has 2 nitrogen and oxygen atoms in total. The zero-order chi connectivity index (χ0) is 11.3. The van der Waals surface area contributed by atoms with Gasteiger partial charge in [0.15, 0.2) is 0 Å². The zero-order valence-electron chi connectivity index (χ0n) is 9.63. The molecule has 1 rings (SSSR count). The molecule has 1 N–H and O–H groups in total. The molecule has 15 heavy (non-hydrogen) atoms. The summed E-state index contributed by atoms with van der Waals surface area (Å²) in [6, 6.07) is 1.84. The second-order valence-electron chi connectivity index (χ2n) is 3.74. The molecule has 0 saturated carbocycles. The number of hydrogen-bond donors (Lipinski definition) is 1. The first kappa shape index (κ1) is 12.1. The minimum absolute atomic E-state index is 0.0861. The van der Waals surface area contributed by atoms with Crippen LogP contribution in [-0.4, -0.2) is 12.0 Å². The van der Waals surface area contributed by atoms with Gasteiger partial charge >= 0.3 is 0 Å². The standard InChI is InChI=1S/C12H19FN2/c1-4-9(5-2)12(14-3)10-6-7-15-8-11(10)13/h6-9,12,14H,4-5H2,1-3H3. The van der Waals surface area contributed by atoms with E-state index in [0.29, 0.717) is 5.92 Å². The van der Waals surface area contributed by atoms with Gasteiger partial charge in [-0.05, 0) is 19.0 Å². The van der Waals surface area contributed by atoms with Crippen LogP contribution in [0.5, 0.6) is 0 Å². The maximum Gasteiger partial charge on any atom is 0.146 e. The molecule has 0 aromatic carbocycles. The summed E-state index contributed by atoms with van der Waals surface area (Å²) in [5, 5.41) is 3.19. The van der Waals surface area contributed by atoms with Crippen molar-refractivity contribution in [2.24, 2.45) is 5.92 Å². The molecular formula is C12H19FN2. The molecule has 1 heterocycles. The number of nitrogens with zero attached hydrogens (tertiary/aromatic N) is 1. The quantitative estimate of drug-likeness (QED) is 0.808. The molecule has 0 spiro atoms. The molecule has 0 bridgehead atoms. The summed E-state index contributed by atoms with van der Waals surface area (Å²) in [6.07, 6.45) is 5.01. The first-order chi connectivity index (χ1) is 7.24. The fraction of sp³-hybridized carbons (Fsp3) is 0.583. The Hall–Kier alpha value is -0.960. The minimum atomic E-state index is -0.219. The molecule has 1 unspecified atom stereocenters. The summed E-state index contributed by atoms with van der Waals surface area (Å²) < 4.78 is 13.6. The summed E-state index contributed by atoms with van der Waals surface area (Å²) >= 11 is 0. The second kappa shape index (κ2) is 5.81. The molecule has 0 amide bonds. The Balaban J connectivity index is 2.96. The summed E-state index contributed by atoms with van der Waals surface area (Å²) in [5.41, 5.74) is 0.723. The fourth-order valence-electron chi connectivity index (χ4n) is 2.04. The Bertz CT molecular complexity index is 297. The van der Waals surface area contributed by atoms with E-state index in [1.165, 1.54) is 6.20 Å². The highest BCUT2D eigenvalue weighted by Gasteiger charge is 2.21. The largest absolute Gasteiger partial charge is 0.313 e. The molecule has 0 aliphatic rings. The van der Waals surface area contributed by atoms with Crippen molar-refractivity contribution in [3.05, 3.63) is 29.8 Å². The number of rotatable bonds is 5. The Morgan fingerprint density at radius 1 is 1.40 bits per heavy atom. The van der Waals surface area contributed by atoms with E-state index >= 15 is 0 Å². The van der Waals surface area contributed by atoms with E-state index < -0.39 is 0 Å². The lowest BCUT2D eigenvalue weighted by Crippen LogP contribution is -2.25. The Kier molecular flexibility index (Phi) is 4.69. The molecule has 0 saturated heterocycles. The number of aromatic nitrogens is 1. The lowest BCUT2D eigenvalue weighted by Gasteiger charge is -2.25. The van der Waals surface area contributed by atoms with Gasteiger partial charge in [0.1, 0.15) is 5.82 Å². The summed E-state index contributed by atoms with van der Waals surface area (Å²) in [7, 11) is 1.88. The first-order valence-electron chi connectivity index (χ1n) is 5.51. The van der Waals surface area contributed by atoms with Crippen molar-refractivity contribution in [1.29, 1.82) is 0 Å². The van der Waals surface area contributed by atoms with Gasteiger partial charge in [-0.2, -0.15) is 0 Å². The second-order valence-corrected chi connectivity index (χ2v) is 3.74. The summed E-state index contributed by atoms with van der Waals surface area (Å²) in [5.74, 6) is 0.246. The molecule has 0 fully saturated rings. The van der Waals surface area contributed by atoms with Gasteiger partial charge in [0, 0.05) is 17.8 Å².